The van der Waals surface area contributed by atoms with Crippen molar-refractivity contribution in [1.29, 1.82) is 0 Å². The first kappa shape index (κ1) is 21.0. The predicted octanol–water partition coefficient (Wildman–Crippen LogP) is 3.55. The van der Waals surface area contributed by atoms with Crippen molar-refractivity contribution in [3.63, 3.8) is 0 Å². The van der Waals surface area contributed by atoms with Crippen LogP contribution in [0, 0.1) is 11.8 Å². The minimum Gasteiger partial charge on any atom is -0.460 e. The first-order valence-electron chi connectivity index (χ1n) is 9.88. The minimum absolute atomic E-state index is 0.288. The van der Waals surface area contributed by atoms with Crippen LogP contribution in [0.5, 0.6) is 0 Å². The minimum atomic E-state index is -1.13. The van der Waals surface area contributed by atoms with Crippen molar-refractivity contribution in [3.05, 3.63) is 0 Å². The zero-order chi connectivity index (χ0) is 19.5. The molecule has 0 aromatic rings. The molecule has 3 atom stereocenters. The van der Waals surface area contributed by atoms with Crippen molar-refractivity contribution < 1.29 is 24.2 Å². The number of alkyl carbamates (subject to hydrolysis) is 1. The Morgan fingerprint density at radius 1 is 1.23 bits per heavy atom. The molecule has 0 spiro atoms. The fourth-order valence-corrected chi connectivity index (χ4v) is 3.98. The van der Waals surface area contributed by atoms with Gasteiger partial charge in [-0.2, -0.15) is 0 Å². The van der Waals surface area contributed by atoms with Gasteiger partial charge in [-0.1, -0.05) is 32.1 Å². The van der Waals surface area contributed by atoms with Crippen LogP contribution in [0.25, 0.3) is 0 Å². The maximum Gasteiger partial charge on any atom is 0.408 e. The van der Waals surface area contributed by atoms with Crippen LogP contribution in [0.1, 0.15) is 79.6 Å². The van der Waals surface area contributed by atoms with Gasteiger partial charge in [0.2, 0.25) is 0 Å². The molecule has 0 unspecified atom stereocenters. The number of ether oxygens (including phenoxy) is 2. The molecule has 1 heterocycles. The fourth-order valence-electron chi connectivity index (χ4n) is 3.98. The van der Waals surface area contributed by atoms with Gasteiger partial charge < -0.3 is 19.9 Å². The number of cyclic esters (lactones) is 1. The summed E-state index contributed by atoms with van der Waals surface area (Å²) < 4.78 is 11.0. The molecule has 2 N–H and O–H groups in total. The van der Waals surface area contributed by atoms with E-state index in [1.54, 1.807) is 13.8 Å². The second-order valence-corrected chi connectivity index (χ2v) is 9.41. The largest absolute Gasteiger partial charge is 0.460 e. The maximum absolute atomic E-state index is 12.3. The summed E-state index contributed by atoms with van der Waals surface area (Å²) in [6.07, 6.45) is 6.24. The molecule has 0 bridgehead atoms. The van der Waals surface area contributed by atoms with Crippen molar-refractivity contribution >= 4 is 12.1 Å². The van der Waals surface area contributed by atoms with Crippen molar-refractivity contribution in [2.75, 3.05) is 0 Å². The lowest BCUT2D eigenvalue weighted by molar-refractivity contribution is -0.150. The number of rotatable bonds is 5. The molecule has 1 amide bonds. The number of hydrogen-bond donors (Lipinski definition) is 2. The Labute approximate surface area is 157 Å². The standard InChI is InChI=1S/C20H35NO5/c1-19(2,3)26-18(23)21-15(11-13-9-7-6-8-10-13)16-12-14(17(22)25-16)20(4,5)24/h13-16,24H,6-12H2,1-5H3,(H,21,23)/t14-,15+,16+/m1/s1. The van der Waals surface area contributed by atoms with Crippen molar-refractivity contribution in [2.45, 2.75) is 103 Å². The van der Waals surface area contributed by atoms with Gasteiger partial charge in [-0.15, -0.1) is 0 Å². The summed E-state index contributed by atoms with van der Waals surface area (Å²) in [6.45, 7) is 8.71. The first-order chi connectivity index (χ1) is 12.0. The monoisotopic (exact) mass is 369 g/mol. The molecule has 6 heteroatoms. The molecule has 2 fully saturated rings. The summed E-state index contributed by atoms with van der Waals surface area (Å²) in [4.78, 5) is 24.5. The van der Waals surface area contributed by atoms with E-state index in [1.165, 1.54) is 19.3 Å². The Morgan fingerprint density at radius 2 is 1.85 bits per heavy atom. The molecule has 1 saturated heterocycles. The Bertz CT molecular complexity index is 499. The summed E-state index contributed by atoms with van der Waals surface area (Å²) in [5.74, 6) is -0.437. The smallest absolute Gasteiger partial charge is 0.408 e. The van der Waals surface area contributed by atoms with Crippen molar-refractivity contribution in [1.82, 2.24) is 5.32 Å². The topological polar surface area (TPSA) is 84.9 Å². The average Bonchev–Trinajstić information content (AvgIpc) is 2.88. The van der Waals surface area contributed by atoms with Crippen LogP contribution < -0.4 is 5.32 Å². The van der Waals surface area contributed by atoms with E-state index in [-0.39, 0.29) is 12.0 Å². The highest BCUT2D eigenvalue weighted by Crippen LogP contribution is 2.35. The molecule has 2 rings (SSSR count). The van der Waals surface area contributed by atoms with Crippen LogP contribution in [-0.4, -0.2) is 40.5 Å². The molecule has 2 aliphatic rings. The van der Waals surface area contributed by atoms with Gasteiger partial charge in [-0.3, -0.25) is 4.79 Å². The van der Waals surface area contributed by atoms with Gasteiger partial charge in [0, 0.05) is 6.42 Å². The van der Waals surface area contributed by atoms with Crippen LogP contribution in [0.3, 0.4) is 0 Å². The lowest BCUT2D eigenvalue weighted by atomic mass is 9.81. The van der Waals surface area contributed by atoms with Crippen LogP contribution in [0.2, 0.25) is 0 Å². The van der Waals surface area contributed by atoms with Crippen molar-refractivity contribution in [3.8, 4) is 0 Å². The second kappa shape index (κ2) is 8.15. The normalized spacial score (nSPS) is 26.3. The third-order valence-corrected chi connectivity index (χ3v) is 5.34. The van der Waals surface area contributed by atoms with E-state index in [2.05, 4.69) is 5.32 Å². The number of esters is 1. The molecule has 1 aliphatic heterocycles. The molecule has 0 aromatic heterocycles. The van der Waals surface area contributed by atoms with Gasteiger partial charge in [-0.05, 0) is 47.0 Å². The zero-order valence-electron chi connectivity index (χ0n) is 16.8. The maximum atomic E-state index is 12.3. The molecule has 6 nitrogen and oxygen atoms in total. The molecule has 150 valence electrons. The molecule has 0 radical (unpaired) electrons. The van der Waals surface area contributed by atoms with Gasteiger partial charge in [0.1, 0.15) is 11.7 Å². The molecule has 1 saturated carbocycles. The predicted molar refractivity (Wildman–Crippen MR) is 98.6 cm³/mol. The van der Waals surface area contributed by atoms with Crippen LogP contribution in [-0.2, 0) is 14.3 Å². The SMILES string of the molecule is CC(C)(C)OC(=O)N[C@@H](CC1CCCCC1)[C@@H]1C[C@@H](C(C)(C)O)C(=O)O1. The van der Waals surface area contributed by atoms with Crippen LogP contribution >= 0.6 is 0 Å². The lowest BCUT2D eigenvalue weighted by Crippen LogP contribution is -2.46. The zero-order valence-corrected chi connectivity index (χ0v) is 16.8. The van der Waals surface area contributed by atoms with E-state index in [0.717, 1.165) is 19.3 Å². The highest BCUT2D eigenvalue weighted by atomic mass is 16.6. The van der Waals surface area contributed by atoms with Gasteiger partial charge in [0.25, 0.3) is 0 Å². The number of carbonyl (C=O) groups is 2. The van der Waals surface area contributed by atoms with E-state index < -0.39 is 29.3 Å². The third-order valence-electron chi connectivity index (χ3n) is 5.34. The quantitative estimate of drug-likeness (QED) is 0.724. The Hall–Kier alpha value is -1.30. The van der Waals surface area contributed by atoms with Gasteiger partial charge in [0.05, 0.1) is 17.6 Å². The highest BCUT2D eigenvalue weighted by Gasteiger charge is 2.46. The van der Waals surface area contributed by atoms with E-state index in [1.807, 2.05) is 20.8 Å². The molecule has 26 heavy (non-hydrogen) atoms. The summed E-state index contributed by atoms with van der Waals surface area (Å²) in [5, 5.41) is 13.2. The van der Waals surface area contributed by atoms with Gasteiger partial charge >= 0.3 is 12.1 Å². The highest BCUT2D eigenvalue weighted by molar-refractivity contribution is 5.76. The van der Waals surface area contributed by atoms with Crippen molar-refractivity contribution in [2.24, 2.45) is 11.8 Å². The summed E-state index contributed by atoms with van der Waals surface area (Å²) in [5.41, 5.74) is -1.71. The molecule has 0 aromatic carbocycles. The fraction of sp³-hybridized carbons (Fsp3) is 0.900. The van der Waals surface area contributed by atoms with E-state index in [0.29, 0.717) is 12.3 Å². The van der Waals surface area contributed by atoms with Crippen LogP contribution in [0.15, 0.2) is 0 Å². The van der Waals surface area contributed by atoms with E-state index in [9.17, 15) is 14.7 Å². The van der Waals surface area contributed by atoms with Crippen LogP contribution in [0.4, 0.5) is 4.79 Å². The number of amides is 1. The first-order valence-corrected chi connectivity index (χ1v) is 9.88. The molecular weight excluding hydrogens is 334 g/mol. The number of carbonyl (C=O) groups excluding carboxylic acids is 2. The number of nitrogens with one attached hydrogen (secondary N) is 1. The Morgan fingerprint density at radius 3 is 2.35 bits per heavy atom. The van der Waals surface area contributed by atoms with E-state index >= 15 is 0 Å². The molecule has 1 aliphatic carbocycles. The average molecular weight is 370 g/mol. The molecular formula is C20H35NO5. The number of hydrogen-bond acceptors (Lipinski definition) is 5. The third kappa shape index (κ3) is 6.15. The number of aliphatic hydroxyl groups is 1. The summed E-state index contributed by atoms with van der Waals surface area (Å²) in [7, 11) is 0. The second-order valence-electron chi connectivity index (χ2n) is 9.41. The summed E-state index contributed by atoms with van der Waals surface area (Å²) in [6, 6.07) is -0.288. The van der Waals surface area contributed by atoms with E-state index in [4.69, 9.17) is 9.47 Å². The van der Waals surface area contributed by atoms with Gasteiger partial charge in [0.15, 0.2) is 0 Å². The summed E-state index contributed by atoms with van der Waals surface area (Å²) >= 11 is 0. The van der Waals surface area contributed by atoms with Gasteiger partial charge in [-0.25, -0.2) is 4.79 Å². The lowest BCUT2D eigenvalue weighted by Gasteiger charge is -2.31. The Balaban J connectivity index is 2.07. The Kier molecular flexibility index (Phi) is 6.59.